The van der Waals surface area contributed by atoms with Crippen LogP contribution in [0.3, 0.4) is 0 Å². The Morgan fingerprint density at radius 1 is 1.22 bits per heavy atom. The number of hydrogen-bond donors (Lipinski definition) is 2. The van der Waals surface area contributed by atoms with Gasteiger partial charge in [-0.2, -0.15) is 0 Å². The molecule has 1 rings (SSSR count). The molecule has 0 aliphatic heterocycles. The van der Waals surface area contributed by atoms with E-state index in [1.54, 1.807) is 0 Å². The summed E-state index contributed by atoms with van der Waals surface area (Å²) in [6.45, 7) is 2.10. The SMILES string of the molecule is CC(=O)NC(C)(C(=O)O)c1cc(F)c(F)c(F)c1. The molecule has 0 aromatic heterocycles. The summed E-state index contributed by atoms with van der Waals surface area (Å²) < 4.78 is 38.9. The maximum atomic E-state index is 13.1. The zero-order valence-corrected chi connectivity index (χ0v) is 9.55. The Labute approximate surface area is 100 Å². The monoisotopic (exact) mass is 261 g/mol. The molecule has 0 fully saturated rings. The van der Waals surface area contributed by atoms with Crippen LogP contribution in [0.5, 0.6) is 0 Å². The van der Waals surface area contributed by atoms with Crippen molar-refractivity contribution in [1.82, 2.24) is 5.32 Å². The summed E-state index contributed by atoms with van der Waals surface area (Å²) in [7, 11) is 0. The van der Waals surface area contributed by atoms with Crippen molar-refractivity contribution in [1.29, 1.82) is 0 Å². The van der Waals surface area contributed by atoms with E-state index in [-0.39, 0.29) is 0 Å². The third-order valence-corrected chi connectivity index (χ3v) is 2.41. The minimum Gasteiger partial charge on any atom is -0.479 e. The van der Waals surface area contributed by atoms with Crippen LogP contribution in [0, 0.1) is 17.5 Å². The molecule has 0 heterocycles. The van der Waals surface area contributed by atoms with Crippen LogP contribution in [0.2, 0.25) is 0 Å². The molecule has 0 aliphatic carbocycles. The number of carboxylic acids is 1. The first kappa shape index (κ1) is 14.0. The average molecular weight is 261 g/mol. The fourth-order valence-corrected chi connectivity index (χ4v) is 1.45. The van der Waals surface area contributed by atoms with Gasteiger partial charge >= 0.3 is 5.97 Å². The Morgan fingerprint density at radius 2 is 1.67 bits per heavy atom. The van der Waals surface area contributed by atoms with Gasteiger partial charge in [-0.05, 0) is 24.6 Å². The first-order valence-corrected chi connectivity index (χ1v) is 4.85. The Balaban J connectivity index is 3.39. The van der Waals surface area contributed by atoms with Gasteiger partial charge in [-0.3, -0.25) is 4.79 Å². The molecule has 0 saturated carbocycles. The molecule has 1 aromatic rings. The average Bonchev–Trinajstić information content (AvgIpc) is 2.23. The molecule has 98 valence electrons. The van der Waals surface area contributed by atoms with Gasteiger partial charge in [0.15, 0.2) is 23.0 Å². The van der Waals surface area contributed by atoms with E-state index in [4.69, 9.17) is 5.11 Å². The van der Waals surface area contributed by atoms with Gasteiger partial charge in [0, 0.05) is 6.92 Å². The van der Waals surface area contributed by atoms with Gasteiger partial charge in [0.05, 0.1) is 0 Å². The van der Waals surface area contributed by atoms with Crippen LogP contribution in [0.1, 0.15) is 19.4 Å². The number of halogens is 3. The number of rotatable bonds is 3. The van der Waals surface area contributed by atoms with E-state index in [0.717, 1.165) is 13.8 Å². The lowest BCUT2D eigenvalue weighted by Gasteiger charge is -2.26. The minimum absolute atomic E-state index is 0.401. The Morgan fingerprint density at radius 3 is 2.00 bits per heavy atom. The van der Waals surface area contributed by atoms with Crippen LogP contribution >= 0.6 is 0 Å². The molecule has 18 heavy (non-hydrogen) atoms. The van der Waals surface area contributed by atoms with Crippen molar-refractivity contribution in [2.24, 2.45) is 0 Å². The lowest BCUT2D eigenvalue weighted by molar-refractivity contribution is -0.147. The summed E-state index contributed by atoms with van der Waals surface area (Å²) in [6, 6.07) is 1.06. The van der Waals surface area contributed by atoms with E-state index in [1.165, 1.54) is 0 Å². The highest BCUT2D eigenvalue weighted by molar-refractivity contribution is 5.86. The van der Waals surface area contributed by atoms with Gasteiger partial charge in [0.2, 0.25) is 5.91 Å². The van der Waals surface area contributed by atoms with Gasteiger partial charge in [-0.15, -0.1) is 0 Å². The maximum Gasteiger partial charge on any atom is 0.333 e. The summed E-state index contributed by atoms with van der Waals surface area (Å²) in [5.41, 5.74) is -2.44. The lowest BCUT2D eigenvalue weighted by atomic mass is 9.91. The second-order valence-electron chi connectivity index (χ2n) is 3.87. The molecular formula is C11H10F3NO3. The first-order chi connectivity index (χ1) is 8.18. The van der Waals surface area contributed by atoms with Crippen LogP contribution in [-0.4, -0.2) is 17.0 Å². The van der Waals surface area contributed by atoms with Crippen LogP contribution in [0.15, 0.2) is 12.1 Å². The number of carbonyl (C=O) groups excluding carboxylic acids is 1. The quantitative estimate of drug-likeness (QED) is 0.811. The number of amides is 1. The van der Waals surface area contributed by atoms with Crippen LogP contribution < -0.4 is 5.32 Å². The van der Waals surface area contributed by atoms with Crippen LogP contribution in [-0.2, 0) is 15.1 Å². The van der Waals surface area contributed by atoms with Crippen LogP contribution in [0.4, 0.5) is 13.2 Å². The molecule has 0 radical (unpaired) electrons. The zero-order chi connectivity index (χ0) is 14.1. The van der Waals surface area contributed by atoms with Gasteiger partial charge in [0.1, 0.15) is 0 Å². The van der Waals surface area contributed by atoms with E-state index < -0.39 is 40.4 Å². The van der Waals surface area contributed by atoms with Crippen LogP contribution in [0.25, 0.3) is 0 Å². The topological polar surface area (TPSA) is 66.4 Å². The number of nitrogens with one attached hydrogen (secondary N) is 1. The van der Waals surface area contributed by atoms with E-state index >= 15 is 0 Å². The summed E-state index contributed by atoms with van der Waals surface area (Å²) >= 11 is 0. The van der Waals surface area contributed by atoms with Crippen molar-refractivity contribution in [3.63, 3.8) is 0 Å². The van der Waals surface area contributed by atoms with Crippen molar-refractivity contribution in [3.8, 4) is 0 Å². The second kappa shape index (κ2) is 4.67. The fraction of sp³-hybridized carbons (Fsp3) is 0.273. The number of aliphatic carboxylic acids is 1. The molecular weight excluding hydrogens is 251 g/mol. The largest absolute Gasteiger partial charge is 0.479 e. The predicted octanol–water partition coefficient (Wildman–Crippen LogP) is 1.54. The van der Waals surface area contributed by atoms with Gasteiger partial charge in [-0.25, -0.2) is 18.0 Å². The van der Waals surface area contributed by atoms with Gasteiger partial charge in [0.25, 0.3) is 0 Å². The smallest absolute Gasteiger partial charge is 0.333 e. The molecule has 2 N–H and O–H groups in total. The van der Waals surface area contributed by atoms with Crippen molar-refractivity contribution < 1.29 is 27.9 Å². The molecule has 1 atom stereocenters. The van der Waals surface area contributed by atoms with Crippen molar-refractivity contribution in [3.05, 3.63) is 35.1 Å². The highest BCUT2D eigenvalue weighted by Gasteiger charge is 2.37. The van der Waals surface area contributed by atoms with E-state index in [1.807, 2.05) is 0 Å². The van der Waals surface area contributed by atoms with Crippen molar-refractivity contribution in [2.75, 3.05) is 0 Å². The Hall–Kier alpha value is -2.05. The first-order valence-electron chi connectivity index (χ1n) is 4.85. The predicted molar refractivity (Wildman–Crippen MR) is 55.1 cm³/mol. The number of hydrogen-bond acceptors (Lipinski definition) is 2. The highest BCUT2D eigenvalue weighted by Crippen LogP contribution is 2.25. The molecule has 1 aromatic carbocycles. The molecule has 1 unspecified atom stereocenters. The second-order valence-corrected chi connectivity index (χ2v) is 3.87. The summed E-state index contributed by atoms with van der Waals surface area (Å²) in [5.74, 6) is -6.98. The molecule has 0 aliphatic rings. The summed E-state index contributed by atoms with van der Waals surface area (Å²) in [4.78, 5) is 22.0. The Kier molecular flexibility index (Phi) is 3.64. The fourth-order valence-electron chi connectivity index (χ4n) is 1.45. The van der Waals surface area contributed by atoms with E-state index in [2.05, 4.69) is 5.32 Å². The number of carbonyl (C=O) groups is 2. The van der Waals surface area contributed by atoms with E-state index in [9.17, 15) is 22.8 Å². The zero-order valence-electron chi connectivity index (χ0n) is 9.55. The molecule has 0 spiro atoms. The molecule has 7 heteroatoms. The number of carboxylic acid groups (broad SMARTS) is 1. The lowest BCUT2D eigenvalue weighted by Crippen LogP contribution is -2.49. The highest BCUT2D eigenvalue weighted by atomic mass is 19.2. The third-order valence-electron chi connectivity index (χ3n) is 2.41. The number of benzene rings is 1. The Bertz CT molecular complexity index is 495. The molecule has 1 amide bonds. The van der Waals surface area contributed by atoms with E-state index in [0.29, 0.717) is 12.1 Å². The third kappa shape index (κ3) is 2.44. The van der Waals surface area contributed by atoms with Gasteiger partial charge in [-0.1, -0.05) is 0 Å². The van der Waals surface area contributed by atoms with Crippen molar-refractivity contribution >= 4 is 11.9 Å². The summed E-state index contributed by atoms with van der Waals surface area (Å²) in [6.07, 6.45) is 0. The minimum atomic E-state index is -2.04. The molecule has 4 nitrogen and oxygen atoms in total. The van der Waals surface area contributed by atoms with Crippen molar-refractivity contribution in [2.45, 2.75) is 19.4 Å². The standard InChI is InChI=1S/C11H10F3NO3/c1-5(16)15-11(2,10(17)18)6-3-7(12)9(14)8(13)4-6/h3-4H,1-2H3,(H,15,16)(H,17,18). The maximum absolute atomic E-state index is 13.1. The molecule has 0 bridgehead atoms. The van der Waals surface area contributed by atoms with Gasteiger partial charge < -0.3 is 10.4 Å². The molecule has 0 saturated heterocycles. The summed E-state index contributed by atoms with van der Waals surface area (Å²) in [5, 5.41) is 11.1. The normalized spacial score (nSPS) is 13.8.